The maximum absolute atomic E-state index is 14.8. The molecule has 1 N–H and O–H groups in total. The number of hydrogen-bond acceptors (Lipinski definition) is 7. The minimum Gasteiger partial charge on any atom is -0.329 e. The summed E-state index contributed by atoms with van der Waals surface area (Å²) in [6, 6.07) is 1.02. The lowest BCUT2D eigenvalue weighted by molar-refractivity contribution is 0.484. The van der Waals surface area contributed by atoms with Crippen molar-refractivity contribution in [2.45, 2.75) is 66.6 Å². The highest BCUT2D eigenvalue weighted by molar-refractivity contribution is 6.10. The second-order valence-corrected chi connectivity index (χ2v) is 10.2. The molecular formula is C32H38F3N7O2. The van der Waals surface area contributed by atoms with Gasteiger partial charge < -0.3 is 5.32 Å². The van der Waals surface area contributed by atoms with Gasteiger partial charge >= 0.3 is 11.4 Å². The average molecular weight is 610 g/mol. The summed E-state index contributed by atoms with van der Waals surface area (Å²) in [6.45, 7) is 16.0. The summed E-state index contributed by atoms with van der Waals surface area (Å²) in [5.41, 5.74) is 0.648. The van der Waals surface area contributed by atoms with Crippen LogP contribution in [0.5, 0.6) is 0 Å². The lowest BCUT2D eigenvalue weighted by Gasteiger charge is -2.18. The van der Waals surface area contributed by atoms with Crippen LogP contribution in [0.4, 0.5) is 19.1 Å². The van der Waals surface area contributed by atoms with Gasteiger partial charge in [0.15, 0.2) is 11.6 Å². The van der Waals surface area contributed by atoms with Gasteiger partial charge in [0.1, 0.15) is 11.5 Å². The van der Waals surface area contributed by atoms with Crippen LogP contribution in [0.25, 0.3) is 0 Å². The van der Waals surface area contributed by atoms with Crippen LogP contribution in [0.2, 0.25) is 0 Å². The number of nitrogens with one attached hydrogen (secondary N) is 1. The zero-order chi connectivity index (χ0) is 33.1. The van der Waals surface area contributed by atoms with Crippen molar-refractivity contribution in [2.24, 2.45) is 10.1 Å². The Bertz CT molecular complexity index is 1680. The lowest BCUT2D eigenvalue weighted by atomic mass is 10.0. The van der Waals surface area contributed by atoms with Gasteiger partial charge in [0.25, 0.3) is 0 Å². The zero-order valence-corrected chi connectivity index (χ0v) is 25.9. The van der Waals surface area contributed by atoms with Crippen LogP contribution in [-0.4, -0.2) is 43.6 Å². The van der Waals surface area contributed by atoms with Gasteiger partial charge in [-0.15, -0.1) is 6.42 Å². The number of hydrazone groups is 1. The van der Waals surface area contributed by atoms with Crippen molar-refractivity contribution in [3.8, 4) is 12.3 Å². The van der Waals surface area contributed by atoms with E-state index in [4.69, 9.17) is 6.42 Å². The predicted octanol–water partition coefficient (Wildman–Crippen LogP) is 5.40. The molecule has 2 aromatic rings. The summed E-state index contributed by atoms with van der Waals surface area (Å²) in [6.07, 6.45) is 11.5. The van der Waals surface area contributed by atoms with Crippen molar-refractivity contribution < 1.29 is 13.2 Å². The van der Waals surface area contributed by atoms with Crippen molar-refractivity contribution in [2.75, 3.05) is 12.4 Å². The average Bonchev–Trinajstić information content (AvgIpc) is 2.96. The van der Waals surface area contributed by atoms with Crippen molar-refractivity contribution in [1.82, 2.24) is 19.1 Å². The van der Waals surface area contributed by atoms with Gasteiger partial charge in [0.05, 0.1) is 18.8 Å². The third-order valence-corrected chi connectivity index (χ3v) is 6.10. The third-order valence-electron chi connectivity index (χ3n) is 6.10. The second-order valence-electron chi connectivity index (χ2n) is 10.2. The predicted molar refractivity (Wildman–Crippen MR) is 170 cm³/mol. The van der Waals surface area contributed by atoms with Gasteiger partial charge in [-0.3, -0.25) is 14.6 Å². The Labute approximate surface area is 255 Å². The molecule has 1 aromatic heterocycles. The van der Waals surface area contributed by atoms with Gasteiger partial charge in [0.2, 0.25) is 5.95 Å². The number of rotatable bonds is 14. The topological polar surface area (TPSA) is 96.9 Å². The van der Waals surface area contributed by atoms with E-state index < -0.39 is 41.9 Å². The Balaban J connectivity index is 2.84. The Kier molecular flexibility index (Phi) is 12.9. The number of aliphatic imine (C=N–C) groups is 1. The quantitative estimate of drug-likeness (QED) is 0.102. The molecule has 0 atom stereocenters. The van der Waals surface area contributed by atoms with E-state index in [-0.39, 0.29) is 23.3 Å². The molecule has 1 aromatic carbocycles. The summed E-state index contributed by atoms with van der Waals surface area (Å²) < 4.78 is 44.2. The molecule has 0 saturated carbocycles. The number of benzene rings is 1. The molecule has 0 unspecified atom stereocenters. The molecule has 12 heteroatoms. The van der Waals surface area contributed by atoms with E-state index in [0.29, 0.717) is 41.0 Å². The van der Waals surface area contributed by atoms with Gasteiger partial charge in [-0.25, -0.2) is 27.3 Å². The zero-order valence-electron chi connectivity index (χ0n) is 25.9. The molecule has 0 aliphatic rings. The van der Waals surface area contributed by atoms with Gasteiger partial charge in [0, 0.05) is 42.2 Å². The standard InChI is InChI=1S/C32H38F3N7O2/c1-10-14-24(16-25(20(5)6)29(12-3)36-21(7)8)37-30-38-31(43)42(19-23(11-2)39-40(9)13-4)32(44)41(30)18-22-15-27(34)28(35)17-26(22)33/h2,12-13,15-17,21H,3-4,10,14,18-19H2,1,5-9H3,(H,37,38,43)/b24-16+,36-29?,39-23+. The lowest BCUT2D eigenvalue weighted by Crippen LogP contribution is -2.44. The van der Waals surface area contributed by atoms with E-state index in [1.807, 2.05) is 40.7 Å². The maximum Gasteiger partial charge on any atom is 0.355 e. The molecule has 1 heterocycles. The van der Waals surface area contributed by atoms with E-state index in [1.54, 1.807) is 13.1 Å². The molecule has 44 heavy (non-hydrogen) atoms. The van der Waals surface area contributed by atoms with E-state index in [1.165, 1.54) is 11.2 Å². The minimum absolute atomic E-state index is 0.000767. The highest BCUT2D eigenvalue weighted by atomic mass is 19.2. The molecule has 2 rings (SSSR count). The largest absolute Gasteiger partial charge is 0.355 e. The fourth-order valence-electron chi connectivity index (χ4n) is 3.99. The van der Waals surface area contributed by atoms with Crippen LogP contribution in [0.15, 0.2) is 80.2 Å². The van der Waals surface area contributed by atoms with Crippen LogP contribution in [0.3, 0.4) is 0 Å². The highest BCUT2D eigenvalue weighted by Gasteiger charge is 2.19. The van der Waals surface area contributed by atoms with Crippen LogP contribution in [0.1, 0.15) is 53.0 Å². The number of terminal acetylenes is 1. The monoisotopic (exact) mass is 609 g/mol. The molecule has 0 aliphatic heterocycles. The summed E-state index contributed by atoms with van der Waals surface area (Å²) in [7, 11) is 1.55. The Morgan fingerprint density at radius 3 is 2.36 bits per heavy atom. The first kappa shape index (κ1) is 35.3. The SMILES string of the molecule is C#C/C(Cn1c(=O)nc(N/C(=C/C(C(C=C)=NC(C)C)=C(C)C)CCC)n(Cc2cc(F)c(F)cc2F)c1=O)=N\N(C)C=C. The summed E-state index contributed by atoms with van der Waals surface area (Å²) in [5, 5.41) is 8.43. The van der Waals surface area contributed by atoms with Gasteiger partial charge in [-0.05, 0) is 52.3 Å². The Morgan fingerprint density at radius 2 is 1.82 bits per heavy atom. The van der Waals surface area contributed by atoms with Crippen molar-refractivity contribution in [1.29, 1.82) is 0 Å². The fourth-order valence-corrected chi connectivity index (χ4v) is 3.99. The van der Waals surface area contributed by atoms with E-state index in [9.17, 15) is 22.8 Å². The maximum atomic E-state index is 14.8. The van der Waals surface area contributed by atoms with E-state index in [2.05, 4.69) is 39.5 Å². The summed E-state index contributed by atoms with van der Waals surface area (Å²) in [5.74, 6) is -1.71. The number of aromatic nitrogens is 3. The first-order valence-electron chi connectivity index (χ1n) is 13.9. The highest BCUT2D eigenvalue weighted by Crippen LogP contribution is 2.19. The molecule has 0 fully saturated rings. The van der Waals surface area contributed by atoms with E-state index >= 15 is 0 Å². The van der Waals surface area contributed by atoms with E-state index in [0.717, 1.165) is 15.7 Å². The minimum atomic E-state index is -1.38. The normalized spacial score (nSPS) is 12.2. The van der Waals surface area contributed by atoms with Crippen LogP contribution >= 0.6 is 0 Å². The van der Waals surface area contributed by atoms with Crippen LogP contribution in [0, 0.1) is 29.8 Å². The number of anilines is 1. The second kappa shape index (κ2) is 16.1. The van der Waals surface area contributed by atoms with Crippen molar-refractivity contribution >= 4 is 17.4 Å². The molecule has 0 aliphatic carbocycles. The third kappa shape index (κ3) is 9.29. The Morgan fingerprint density at radius 1 is 1.16 bits per heavy atom. The van der Waals surface area contributed by atoms with Crippen LogP contribution in [-0.2, 0) is 13.1 Å². The first-order chi connectivity index (χ1) is 20.8. The summed E-state index contributed by atoms with van der Waals surface area (Å²) >= 11 is 0. The van der Waals surface area contributed by atoms with Gasteiger partial charge in [-0.2, -0.15) is 10.1 Å². The Hall–Kier alpha value is -4.92. The molecule has 9 nitrogen and oxygen atoms in total. The smallest absolute Gasteiger partial charge is 0.329 e. The number of nitrogens with zero attached hydrogens (tertiary/aromatic N) is 6. The molecule has 0 amide bonds. The molecular weight excluding hydrogens is 571 g/mol. The van der Waals surface area contributed by atoms with Crippen LogP contribution < -0.4 is 16.7 Å². The molecule has 0 bridgehead atoms. The summed E-state index contributed by atoms with van der Waals surface area (Å²) in [4.78, 5) is 35.7. The fraction of sp³-hybridized carbons (Fsp3) is 0.344. The molecule has 0 radical (unpaired) electrons. The first-order valence-corrected chi connectivity index (χ1v) is 13.9. The van der Waals surface area contributed by atoms with Crippen molar-refractivity contribution in [3.63, 3.8) is 0 Å². The molecule has 0 spiro atoms. The number of halogens is 3. The van der Waals surface area contributed by atoms with Gasteiger partial charge in [-0.1, -0.05) is 38.0 Å². The molecule has 0 saturated heterocycles. The number of hydrogen-bond donors (Lipinski definition) is 1. The molecule has 234 valence electrons. The number of allylic oxidation sites excluding steroid dienone is 5. The van der Waals surface area contributed by atoms with Crippen molar-refractivity contribution in [3.05, 3.63) is 104 Å².